The summed E-state index contributed by atoms with van der Waals surface area (Å²) in [5.41, 5.74) is 6.09. The number of hydrogen-bond donors (Lipinski definition) is 1. The molecule has 2 N–H and O–H groups in total. The Bertz CT molecular complexity index is 598. The van der Waals surface area contributed by atoms with E-state index in [2.05, 4.69) is 24.1 Å². The van der Waals surface area contributed by atoms with Gasteiger partial charge in [0.1, 0.15) is 18.9 Å². The van der Waals surface area contributed by atoms with Crippen molar-refractivity contribution in [2.24, 2.45) is 10.7 Å². The summed E-state index contributed by atoms with van der Waals surface area (Å²) in [5, 5.41) is 11.2. The molecule has 1 rings (SSSR count). The molecule has 0 spiro atoms. The molecule has 0 aromatic heterocycles. The lowest BCUT2D eigenvalue weighted by molar-refractivity contribution is -0.808. The fourth-order valence-corrected chi connectivity index (χ4v) is 4.64. The summed E-state index contributed by atoms with van der Waals surface area (Å²) in [6.07, 6.45) is 31.0. The molecule has 1 heterocycles. The van der Waals surface area contributed by atoms with Gasteiger partial charge in [-0.1, -0.05) is 96.1 Å². The fraction of sp³-hybridized carbons (Fsp3) is 0.786. The van der Waals surface area contributed by atoms with Crippen molar-refractivity contribution in [2.45, 2.75) is 136 Å². The standard InChI is InChI=1S/C28H51N3O2/c1-3-4-5-6-7-8-9-10-11-12-13-14-15-16-17-18-19-20-21-22-27-30-23-24-31(27,26(2)29)25-28(32)33/h15-16,23-24,26H,3-14,17-22,25,29H2,1-2H3/b16-15+. The van der Waals surface area contributed by atoms with Gasteiger partial charge in [-0.2, -0.15) is 0 Å². The van der Waals surface area contributed by atoms with Crippen molar-refractivity contribution in [1.82, 2.24) is 0 Å². The van der Waals surface area contributed by atoms with Crippen molar-refractivity contribution in [3.63, 3.8) is 0 Å². The van der Waals surface area contributed by atoms with Crippen molar-refractivity contribution in [1.29, 1.82) is 0 Å². The summed E-state index contributed by atoms with van der Waals surface area (Å²) in [6.45, 7) is 3.97. The number of quaternary nitrogens is 1. The summed E-state index contributed by atoms with van der Waals surface area (Å²) < 4.78 is 0.101. The molecular formula is C28H51N3O2. The molecule has 0 aromatic carbocycles. The topological polar surface area (TPSA) is 78.5 Å². The minimum absolute atomic E-state index is 0.101. The molecule has 0 bridgehead atoms. The number of aliphatic imine (C=N–C) groups is 1. The van der Waals surface area contributed by atoms with Crippen molar-refractivity contribution in [2.75, 3.05) is 6.54 Å². The van der Waals surface area contributed by atoms with E-state index in [1.807, 2.05) is 6.92 Å². The molecule has 2 atom stereocenters. The van der Waals surface area contributed by atoms with E-state index < -0.39 is 5.97 Å². The third kappa shape index (κ3) is 13.1. The molecule has 2 unspecified atom stereocenters. The molecule has 0 fully saturated rings. The number of amidine groups is 1. The summed E-state index contributed by atoms with van der Waals surface area (Å²) in [4.78, 5) is 15.6. The van der Waals surface area contributed by atoms with Gasteiger partial charge in [-0.05, 0) is 32.1 Å². The van der Waals surface area contributed by atoms with E-state index in [-0.39, 0.29) is 17.2 Å². The largest absolute Gasteiger partial charge is 0.544 e. The lowest BCUT2D eigenvalue weighted by Crippen LogP contribution is -2.60. The van der Waals surface area contributed by atoms with Crippen LogP contribution in [-0.4, -0.2) is 29.0 Å². The minimum atomic E-state index is -1.09. The fourth-order valence-electron chi connectivity index (χ4n) is 4.64. The Hall–Kier alpha value is -1.46. The van der Waals surface area contributed by atoms with Gasteiger partial charge in [-0.3, -0.25) is 5.73 Å². The van der Waals surface area contributed by atoms with E-state index in [0.717, 1.165) is 31.5 Å². The number of allylic oxidation sites excluding steroid dienone is 2. The van der Waals surface area contributed by atoms with Gasteiger partial charge in [0, 0.05) is 13.3 Å². The van der Waals surface area contributed by atoms with E-state index in [0.29, 0.717) is 0 Å². The molecule has 0 saturated heterocycles. The molecule has 0 aliphatic carbocycles. The maximum absolute atomic E-state index is 11.2. The molecule has 0 amide bonds. The molecule has 33 heavy (non-hydrogen) atoms. The number of rotatable bonds is 22. The molecule has 1 aliphatic heterocycles. The summed E-state index contributed by atoms with van der Waals surface area (Å²) in [7, 11) is 0. The van der Waals surface area contributed by atoms with Crippen LogP contribution < -0.4 is 10.8 Å². The van der Waals surface area contributed by atoms with E-state index >= 15 is 0 Å². The second-order valence-corrected chi connectivity index (χ2v) is 9.79. The average Bonchev–Trinajstić information content (AvgIpc) is 3.18. The Labute approximate surface area is 203 Å². The quantitative estimate of drug-likeness (QED) is 0.116. The lowest BCUT2D eigenvalue weighted by Gasteiger charge is -2.36. The van der Waals surface area contributed by atoms with Crippen LogP contribution in [0.15, 0.2) is 29.5 Å². The van der Waals surface area contributed by atoms with Gasteiger partial charge < -0.3 is 9.90 Å². The van der Waals surface area contributed by atoms with Crippen LogP contribution in [0.2, 0.25) is 0 Å². The van der Waals surface area contributed by atoms with Gasteiger partial charge in [0.15, 0.2) is 0 Å². The smallest absolute Gasteiger partial charge is 0.209 e. The number of carboxylic acid groups (broad SMARTS) is 1. The Balaban J connectivity index is 1.95. The lowest BCUT2D eigenvalue weighted by atomic mass is 10.0. The molecule has 0 aromatic rings. The maximum atomic E-state index is 11.2. The van der Waals surface area contributed by atoms with Crippen LogP contribution in [0.1, 0.15) is 129 Å². The molecule has 0 saturated carbocycles. The zero-order valence-electron chi connectivity index (χ0n) is 21.6. The molecule has 190 valence electrons. The van der Waals surface area contributed by atoms with Crippen molar-refractivity contribution >= 4 is 11.8 Å². The first-order valence-corrected chi connectivity index (χ1v) is 13.8. The number of carboxylic acids is 1. The van der Waals surface area contributed by atoms with E-state index in [9.17, 15) is 9.90 Å². The first-order chi connectivity index (χ1) is 16.0. The first kappa shape index (κ1) is 29.6. The van der Waals surface area contributed by atoms with Crippen LogP contribution in [0.5, 0.6) is 0 Å². The predicted molar refractivity (Wildman–Crippen MR) is 138 cm³/mol. The van der Waals surface area contributed by atoms with Crippen molar-refractivity contribution in [3.8, 4) is 0 Å². The van der Waals surface area contributed by atoms with Gasteiger partial charge in [-0.25, -0.2) is 9.48 Å². The zero-order chi connectivity index (χ0) is 24.2. The Kier molecular flexibility index (Phi) is 16.9. The highest BCUT2D eigenvalue weighted by Gasteiger charge is 2.38. The second-order valence-electron chi connectivity index (χ2n) is 9.79. The van der Waals surface area contributed by atoms with Crippen LogP contribution in [0, 0.1) is 0 Å². The zero-order valence-corrected chi connectivity index (χ0v) is 21.6. The van der Waals surface area contributed by atoms with E-state index in [4.69, 9.17) is 5.73 Å². The maximum Gasteiger partial charge on any atom is 0.209 e. The highest BCUT2D eigenvalue weighted by atomic mass is 16.4. The molecular weight excluding hydrogens is 410 g/mol. The normalized spacial score (nSPS) is 18.8. The van der Waals surface area contributed by atoms with Crippen LogP contribution in [0.25, 0.3) is 0 Å². The highest BCUT2D eigenvalue weighted by molar-refractivity contribution is 5.81. The molecule has 1 aliphatic rings. The van der Waals surface area contributed by atoms with Gasteiger partial charge in [0.25, 0.3) is 0 Å². The van der Waals surface area contributed by atoms with Crippen molar-refractivity contribution < 1.29 is 14.4 Å². The molecule has 5 heteroatoms. The monoisotopic (exact) mass is 461 g/mol. The van der Waals surface area contributed by atoms with Gasteiger partial charge in [0.2, 0.25) is 5.84 Å². The number of nitrogens with two attached hydrogens (primary N) is 1. The number of nitrogens with zero attached hydrogens (tertiary/aromatic N) is 2. The summed E-state index contributed by atoms with van der Waals surface area (Å²) >= 11 is 0. The molecule has 0 radical (unpaired) electrons. The SMILES string of the molecule is CCCCCCCCCCCCC/C=C/CCCCCCC1=NC=C[N+]1(CC(=O)[O-])C(C)N. The Morgan fingerprint density at radius 1 is 0.909 bits per heavy atom. The van der Waals surface area contributed by atoms with Crippen molar-refractivity contribution in [3.05, 3.63) is 24.6 Å². The first-order valence-electron chi connectivity index (χ1n) is 13.8. The number of hydrogen-bond acceptors (Lipinski definition) is 4. The number of unbranched alkanes of at least 4 members (excludes halogenated alkanes) is 15. The Morgan fingerprint density at radius 3 is 1.88 bits per heavy atom. The number of carbonyl (C=O) groups is 1. The van der Waals surface area contributed by atoms with Crippen LogP contribution >= 0.6 is 0 Å². The minimum Gasteiger partial charge on any atom is -0.544 e. The van der Waals surface area contributed by atoms with Crippen LogP contribution in [0.4, 0.5) is 0 Å². The third-order valence-electron chi connectivity index (χ3n) is 6.82. The van der Waals surface area contributed by atoms with E-state index in [1.165, 1.54) is 89.9 Å². The number of carbonyl (C=O) groups excluding carboxylic acids is 1. The van der Waals surface area contributed by atoms with Crippen LogP contribution in [0.3, 0.4) is 0 Å². The molecule has 5 nitrogen and oxygen atoms in total. The predicted octanol–water partition coefficient (Wildman–Crippen LogP) is 6.34. The van der Waals surface area contributed by atoms with Gasteiger partial charge in [0.05, 0.1) is 12.2 Å². The highest BCUT2D eigenvalue weighted by Crippen LogP contribution is 2.23. The van der Waals surface area contributed by atoms with Gasteiger partial charge >= 0.3 is 0 Å². The Morgan fingerprint density at radius 2 is 1.39 bits per heavy atom. The van der Waals surface area contributed by atoms with Gasteiger partial charge in [-0.15, -0.1) is 0 Å². The third-order valence-corrected chi connectivity index (χ3v) is 6.82. The summed E-state index contributed by atoms with van der Waals surface area (Å²) in [6, 6.07) is 0. The second kappa shape index (κ2) is 18.9. The van der Waals surface area contributed by atoms with Crippen LogP contribution in [-0.2, 0) is 4.79 Å². The number of aliphatic carboxylic acids is 1. The summed E-state index contributed by atoms with van der Waals surface area (Å²) in [5.74, 6) is -0.243. The van der Waals surface area contributed by atoms with E-state index in [1.54, 1.807) is 12.4 Å². The average molecular weight is 462 g/mol.